The van der Waals surface area contributed by atoms with Gasteiger partial charge < -0.3 is 15.1 Å². The van der Waals surface area contributed by atoms with Gasteiger partial charge in [-0.2, -0.15) is 0 Å². The molecule has 0 saturated carbocycles. The van der Waals surface area contributed by atoms with Gasteiger partial charge in [-0.1, -0.05) is 18.2 Å². The Morgan fingerprint density at radius 2 is 1.89 bits per heavy atom. The summed E-state index contributed by atoms with van der Waals surface area (Å²) in [7, 11) is 1.34. The third kappa shape index (κ3) is 3.71. The van der Waals surface area contributed by atoms with Crippen molar-refractivity contribution in [2.45, 2.75) is 12.6 Å². The van der Waals surface area contributed by atoms with Crippen LogP contribution in [0.2, 0.25) is 0 Å². The minimum atomic E-state index is -1.26. The number of oxazole rings is 1. The summed E-state index contributed by atoms with van der Waals surface area (Å²) in [4.78, 5) is 36.4. The van der Waals surface area contributed by atoms with Gasteiger partial charge in [-0.05, 0) is 29.8 Å². The molecule has 2 amide bonds. The molecule has 7 nitrogen and oxygen atoms in total. The third-order valence-corrected chi connectivity index (χ3v) is 3.97. The van der Waals surface area contributed by atoms with Gasteiger partial charge in [0.1, 0.15) is 12.6 Å². The smallest absolute Gasteiger partial charge is 0.408 e. The summed E-state index contributed by atoms with van der Waals surface area (Å²) in [5.74, 6) is -4.25. The number of likely N-dealkylation sites (N-methyl/N-ethyl adjacent to an activating group) is 1. The van der Waals surface area contributed by atoms with Crippen molar-refractivity contribution < 1.29 is 22.8 Å². The lowest BCUT2D eigenvalue weighted by Gasteiger charge is -2.18. The summed E-state index contributed by atoms with van der Waals surface area (Å²) >= 11 is 0. The second-order valence-corrected chi connectivity index (χ2v) is 5.71. The molecule has 1 aromatic heterocycles. The summed E-state index contributed by atoms with van der Waals surface area (Å²) in [5, 5.41) is 4.77. The number of rotatable bonds is 5. The second kappa shape index (κ2) is 7.40. The molecule has 2 aromatic carbocycles. The van der Waals surface area contributed by atoms with E-state index in [-0.39, 0.29) is 5.56 Å². The van der Waals surface area contributed by atoms with Crippen LogP contribution in [0.15, 0.2) is 51.7 Å². The molecule has 27 heavy (non-hydrogen) atoms. The minimum absolute atomic E-state index is 0.0611. The molecule has 0 fully saturated rings. The highest BCUT2D eigenvalue weighted by molar-refractivity contribution is 5.89. The monoisotopic (exact) mass is 375 g/mol. The number of nitrogens with zero attached hydrogens (tertiary/aromatic N) is 1. The number of amides is 2. The van der Waals surface area contributed by atoms with E-state index >= 15 is 0 Å². The van der Waals surface area contributed by atoms with E-state index in [1.165, 1.54) is 13.1 Å². The van der Waals surface area contributed by atoms with E-state index in [1.54, 1.807) is 24.3 Å². The SMILES string of the molecule is CNC(=O)C(NC(=O)Cn1c(=O)oc2ccccc21)c1ccc(F)c(F)c1. The van der Waals surface area contributed by atoms with Gasteiger partial charge >= 0.3 is 5.76 Å². The van der Waals surface area contributed by atoms with Crippen LogP contribution in [-0.2, 0) is 16.1 Å². The number of hydrogen-bond donors (Lipinski definition) is 2. The molecule has 9 heteroatoms. The number of carbonyl (C=O) groups excluding carboxylic acids is 2. The predicted molar refractivity (Wildman–Crippen MR) is 91.8 cm³/mol. The first-order valence-electron chi connectivity index (χ1n) is 7.95. The summed E-state index contributed by atoms with van der Waals surface area (Å²) in [6.07, 6.45) is 0. The molecule has 0 aliphatic heterocycles. The van der Waals surface area contributed by atoms with Crippen LogP contribution in [-0.4, -0.2) is 23.4 Å². The van der Waals surface area contributed by atoms with Crippen molar-refractivity contribution in [1.82, 2.24) is 15.2 Å². The van der Waals surface area contributed by atoms with E-state index in [0.717, 1.165) is 16.7 Å². The highest BCUT2D eigenvalue weighted by atomic mass is 19.2. The summed E-state index contributed by atoms with van der Waals surface area (Å²) in [5.41, 5.74) is 0.798. The van der Waals surface area contributed by atoms with Crippen LogP contribution < -0.4 is 16.4 Å². The lowest BCUT2D eigenvalue weighted by Crippen LogP contribution is -2.41. The van der Waals surface area contributed by atoms with Crippen molar-refractivity contribution >= 4 is 22.9 Å². The first-order valence-corrected chi connectivity index (χ1v) is 7.95. The molecule has 2 N–H and O–H groups in total. The maximum absolute atomic E-state index is 13.5. The van der Waals surface area contributed by atoms with E-state index in [4.69, 9.17) is 4.42 Å². The van der Waals surface area contributed by atoms with Crippen molar-refractivity contribution in [2.24, 2.45) is 0 Å². The molecule has 0 saturated heterocycles. The Labute approximate surface area is 151 Å². The number of nitrogens with one attached hydrogen (secondary N) is 2. The maximum Gasteiger partial charge on any atom is 0.420 e. The van der Waals surface area contributed by atoms with Crippen molar-refractivity contribution in [3.05, 3.63) is 70.2 Å². The van der Waals surface area contributed by atoms with Gasteiger partial charge in [0, 0.05) is 7.05 Å². The molecular weight excluding hydrogens is 360 g/mol. The minimum Gasteiger partial charge on any atom is -0.408 e. The van der Waals surface area contributed by atoms with Gasteiger partial charge in [0.25, 0.3) is 0 Å². The molecule has 0 aliphatic rings. The van der Waals surface area contributed by atoms with E-state index in [1.807, 2.05) is 0 Å². The topological polar surface area (TPSA) is 93.3 Å². The fourth-order valence-electron chi connectivity index (χ4n) is 2.65. The third-order valence-electron chi connectivity index (χ3n) is 3.97. The number of carbonyl (C=O) groups is 2. The molecule has 0 radical (unpaired) electrons. The second-order valence-electron chi connectivity index (χ2n) is 5.71. The number of benzene rings is 2. The molecule has 3 rings (SSSR count). The number of fused-ring (bicyclic) bond motifs is 1. The highest BCUT2D eigenvalue weighted by Crippen LogP contribution is 2.17. The molecule has 0 spiro atoms. The maximum atomic E-state index is 13.5. The molecule has 1 unspecified atom stereocenters. The van der Waals surface area contributed by atoms with Crippen LogP contribution in [0.25, 0.3) is 11.1 Å². The van der Waals surface area contributed by atoms with Crippen LogP contribution >= 0.6 is 0 Å². The number of para-hydroxylation sites is 2. The largest absolute Gasteiger partial charge is 0.420 e. The Bertz CT molecular complexity index is 1070. The lowest BCUT2D eigenvalue weighted by molar-refractivity contribution is -0.129. The molecule has 3 aromatic rings. The van der Waals surface area contributed by atoms with E-state index in [2.05, 4.69) is 10.6 Å². The van der Waals surface area contributed by atoms with Gasteiger partial charge in [-0.25, -0.2) is 13.6 Å². The fraction of sp³-hybridized carbons (Fsp3) is 0.167. The van der Waals surface area contributed by atoms with E-state index in [9.17, 15) is 23.2 Å². The number of aromatic nitrogens is 1. The van der Waals surface area contributed by atoms with Gasteiger partial charge in [0.05, 0.1) is 5.52 Å². The summed E-state index contributed by atoms with van der Waals surface area (Å²) < 4.78 is 32.8. The molecule has 0 aliphatic carbocycles. The number of halogens is 2. The summed E-state index contributed by atoms with van der Waals surface area (Å²) in [6.45, 7) is -0.410. The lowest BCUT2D eigenvalue weighted by atomic mass is 10.1. The Hall–Kier alpha value is -3.49. The van der Waals surface area contributed by atoms with Crippen LogP contribution in [0.3, 0.4) is 0 Å². The Balaban J connectivity index is 1.86. The predicted octanol–water partition coefficient (Wildman–Crippen LogP) is 1.48. The van der Waals surface area contributed by atoms with Crippen molar-refractivity contribution in [3.63, 3.8) is 0 Å². The standard InChI is InChI=1S/C18H15F2N3O4/c1-21-17(25)16(10-6-7-11(19)12(20)8-10)22-15(24)9-23-13-4-2-3-5-14(13)27-18(23)26/h2-8,16H,9H2,1H3,(H,21,25)(H,22,24). The van der Waals surface area contributed by atoms with Crippen LogP contribution in [0.1, 0.15) is 11.6 Å². The van der Waals surface area contributed by atoms with E-state index < -0.39 is 41.8 Å². The summed E-state index contributed by atoms with van der Waals surface area (Å²) in [6, 6.07) is 8.18. The normalized spacial score (nSPS) is 12.0. The van der Waals surface area contributed by atoms with E-state index in [0.29, 0.717) is 11.1 Å². The molecule has 0 bridgehead atoms. The highest BCUT2D eigenvalue weighted by Gasteiger charge is 2.24. The van der Waals surface area contributed by atoms with Crippen molar-refractivity contribution in [2.75, 3.05) is 7.05 Å². The Morgan fingerprint density at radius 1 is 1.15 bits per heavy atom. The van der Waals surface area contributed by atoms with Crippen LogP contribution in [0.4, 0.5) is 8.78 Å². The molecule has 1 heterocycles. The average molecular weight is 375 g/mol. The van der Waals surface area contributed by atoms with Crippen molar-refractivity contribution in [3.8, 4) is 0 Å². The molecule has 140 valence electrons. The zero-order valence-electron chi connectivity index (χ0n) is 14.2. The van der Waals surface area contributed by atoms with Crippen molar-refractivity contribution in [1.29, 1.82) is 0 Å². The van der Waals surface area contributed by atoms with Crippen LogP contribution in [0.5, 0.6) is 0 Å². The molecular formula is C18H15F2N3O4. The number of hydrogen-bond acceptors (Lipinski definition) is 4. The molecule has 1 atom stereocenters. The van der Waals surface area contributed by atoms with Gasteiger partial charge in [-0.15, -0.1) is 0 Å². The van der Waals surface area contributed by atoms with Gasteiger partial charge in [0.2, 0.25) is 11.8 Å². The Morgan fingerprint density at radius 3 is 2.59 bits per heavy atom. The Kier molecular flexibility index (Phi) is 5.02. The first-order chi connectivity index (χ1) is 12.9. The fourth-order valence-corrected chi connectivity index (χ4v) is 2.65. The zero-order chi connectivity index (χ0) is 19.6. The average Bonchev–Trinajstić information content (AvgIpc) is 2.97. The first kappa shape index (κ1) is 18.3. The zero-order valence-corrected chi connectivity index (χ0v) is 14.2. The quantitative estimate of drug-likeness (QED) is 0.706. The van der Waals surface area contributed by atoms with Crippen LogP contribution in [0, 0.1) is 11.6 Å². The van der Waals surface area contributed by atoms with Gasteiger partial charge in [-0.3, -0.25) is 14.2 Å². The van der Waals surface area contributed by atoms with Gasteiger partial charge in [0.15, 0.2) is 17.2 Å².